The summed E-state index contributed by atoms with van der Waals surface area (Å²) in [4.78, 5) is 11.8. The van der Waals surface area contributed by atoms with Gasteiger partial charge in [0.2, 0.25) is 5.91 Å². The summed E-state index contributed by atoms with van der Waals surface area (Å²) < 4.78 is 1.77. The normalized spacial score (nSPS) is 12.8. The average Bonchev–Trinajstić information content (AvgIpc) is 2.65. The van der Waals surface area contributed by atoms with Crippen LogP contribution in [0.15, 0.2) is 6.20 Å². The first-order valence-electron chi connectivity index (χ1n) is 6.48. The molecule has 1 rings (SSSR count). The molecule has 1 aromatic rings. The molecule has 1 aromatic heterocycles. The van der Waals surface area contributed by atoms with Gasteiger partial charge in [0, 0.05) is 25.4 Å². The lowest BCUT2D eigenvalue weighted by Gasteiger charge is -2.13. The molecule has 0 unspecified atom stereocenters. The van der Waals surface area contributed by atoms with E-state index in [1.165, 1.54) is 0 Å². The summed E-state index contributed by atoms with van der Waals surface area (Å²) in [6.07, 6.45) is 3.51. The molecule has 0 spiro atoms. The van der Waals surface area contributed by atoms with Crippen molar-refractivity contribution in [1.82, 2.24) is 15.1 Å². The maximum absolute atomic E-state index is 11.8. The molecule has 0 saturated carbocycles. The van der Waals surface area contributed by atoms with E-state index in [1.54, 1.807) is 4.68 Å². The molecule has 0 aliphatic carbocycles. The van der Waals surface area contributed by atoms with Gasteiger partial charge in [0.25, 0.3) is 0 Å². The summed E-state index contributed by atoms with van der Waals surface area (Å²) in [5, 5.41) is 7.21. The molecule has 0 aromatic carbocycles. The maximum Gasteiger partial charge on any atom is 0.237 e. The van der Waals surface area contributed by atoms with Crippen molar-refractivity contribution in [3.8, 4) is 0 Å². The quantitative estimate of drug-likeness (QED) is 0.792. The summed E-state index contributed by atoms with van der Waals surface area (Å²) in [7, 11) is 1.88. The standard InChI is InChI=1S/C13H24N4O/c1-5-12-10(8-17(4)16-12)7-15-13(18)11(14)6-9(2)3/h8-9,11H,5-7,14H2,1-4H3,(H,15,18)/t11-/m1/s1. The molecular formula is C13H24N4O. The molecule has 0 aliphatic rings. The molecule has 102 valence electrons. The number of nitrogens with zero attached hydrogens (tertiary/aromatic N) is 2. The van der Waals surface area contributed by atoms with Crippen LogP contribution in [0.5, 0.6) is 0 Å². The lowest BCUT2D eigenvalue weighted by atomic mass is 10.0. The Morgan fingerprint density at radius 1 is 1.56 bits per heavy atom. The van der Waals surface area contributed by atoms with Crippen molar-refractivity contribution in [1.29, 1.82) is 0 Å². The number of aromatic nitrogens is 2. The average molecular weight is 252 g/mol. The van der Waals surface area contributed by atoms with Crippen LogP contribution in [0.25, 0.3) is 0 Å². The van der Waals surface area contributed by atoms with Gasteiger partial charge >= 0.3 is 0 Å². The Morgan fingerprint density at radius 2 is 2.22 bits per heavy atom. The van der Waals surface area contributed by atoms with Gasteiger partial charge in [-0.3, -0.25) is 9.48 Å². The van der Waals surface area contributed by atoms with Gasteiger partial charge in [-0.15, -0.1) is 0 Å². The summed E-state index contributed by atoms with van der Waals surface area (Å²) in [6.45, 7) is 6.67. The molecule has 0 aliphatic heterocycles. The zero-order chi connectivity index (χ0) is 13.7. The SMILES string of the molecule is CCc1nn(C)cc1CNC(=O)[C@H](N)CC(C)C. The Hall–Kier alpha value is -1.36. The van der Waals surface area contributed by atoms with Gasteiger partial charge in [0.15, 0.2) is 0 Å². The highest BCUT2D eigenvalue weighted by molar-refractivity contribution is 5.81. The van der Waals surface area contributed by atoms with Gasteiger partial charge in [-0.05, 0) is 18.8 Å². The molecule has 5 nitrogen and oxygen atoms in total. The molecule has 0 bridgehead atoms. The number of carbonyl (C=O) groups is 1. The first-order valence-corrected chi connectivity index (χ1v) is 6.48. The number of nitrogens with one attached hydrogen (secondary N) is 1. The van der Waals surface area contributed by atoms with E-state index in [4.69, 9.17) is 5.73 Å². The Bertz CT molecular complexity index is 398. The molecular weight excluding hydrogens is 228 g/mol. The molecule has 18 heavy (non-hydrogen) atoms. The van der Waals surface area contributed by atoms with Crippen LogP contribution < -0.4 is 11.1 Å². The van der Waals surface area contributed by atoms with Crippen LogP contribution in [0.1, 0.15) is 38.4 Å². The maximum atomic E-state index is 11.8. The van der Waals surface area contributed by atoms with Crippen molar-refractivity contribution in [3.05, 3.63) is 17.5 Å². The van der Waals surface area contributed by atoms with Crippen LogP contribution in [-0.4, -0.2) is 21.7 Å². The van der Waals surface area contributed by atoms with Gasteiger partial charge < -0.3 is 11.1 Å². The smallest absolute Gasteiger partial charge is 0.237 e. The third-order valence-corrected chi connectivity index (χ3v) is 2.84. The Balaban J connectivity index is 2.51. The molecule has 1 heterocycles. The number of rotatable bonds is 6. The minimum absolute atomic E-state index is 0.0883. The first-order chi connectivity index (χ1) is 8.43. The lowest BCUT2D eigenvalue weighted by Crippen LogP contribution is -2.41. The second-order valence-corrected chi connectivity index (χ2v) is 5.08. The number of hydrogen-bond donors (Lipinski definition) is 2. The number of aryl methyl sites for hydroxylation is 2. The number of nitrogens with two attached hydrogens (primary N) is 1. The zero-order valence-corrected chi connectivity index (χ0v) is 11.7. The second kappa shape index (κ2) is 6.54. The van der Waals surface area contributed by atoms with Crippen LogP contribution >= 0.6 is 0 Å². The molecule has 0 fully saturated rings. The predicted octanol–water partition coefficient (Wildman–Crippen LogP) is 0.972. The van der Waals surface area contributed by atoms with Gasteiger partial charge in [-0.25, -0.2) is 0 Å². The predicted molar refractivity (Wildman–Crippen MR) is 71.9 cm³/mol. The topological polar surface area (TPSA) is 72.9 Å². The Kier molecular flexibility index (Phi) is 5.34. The molecule has 3 N–H and O–H groups in total. The van der Waals surface area contributed by atoms with E-state index in [0.29, 0.717) is 18.9 Å². The van der Waals surface area contributed by atoms with Crippen molar-refractivity contribution < 1.29 is 4.79 Å². The van der Waals surface area contributed by atoms with E-state index in [9.17, 15) is 4.79 Å². The minimum Gasteiger partial charge on any atom is -0.351 e. The van der Waals surface area contributed by atoms with Crippen LogP contribution in [-0.2, 0) is 24.8 Å². The third kappa shape index (κ3) is 4.14. The second-order valence-electron chi connectivity index (χ2n) is 5.08. The number of amides is 1. The fraction of sp³-hybridized carbons (Fsp3) is 0.692. The third-order valence-electron chi connectivity index (χ3n) is 2.84. The van der Waals surface area contributed by atoms with Crippen LogP contribution in [0.2, 0.25) is 0 Å². The van der Waals surface area contributed by atoms with E-state index in [0.717, 1.165) is 17.7 Å². The summed E-state index contributed by atoms with van der Waals surface area (Å²) >= 11 is 0. The number of carbonyl (C=O) groups excluding carboxylic acids is 1. The van der Waals surface area contributed by atoms with Crippen molar-refractivity contribution >= 4 is 5.91 Å². The fourth-order valence-corrected chi connectivity index (χ4v) is 1.96. The highest BCUT2D eigenvalue weighted by atomic mass is 16.2. The van der Waals surface area contributed by atoms with Crippen LogP contribution in [0.3, 0.4) is 0 Å². The Labute approximate surface area is 109 Å². The molecule has 0 saturated heterocycles. The summed E-state index contributed by atoms with van der Waals surface area (Å²) in [6, 6.07) is -0.424. The number of hydrogen-bond acceptors (Lipinski definition) is 3. The lowest BCUT2D eigenvalue weighted by molar-refractivity contribution is -0.122. The molecule has 1 atom stereocenters. The van der Waals surface area contributed by atoms with Gasteiger partial charge in [-0.2, -0.15) is 5.10 Å². The van der Waals surface area contributed by atoms with Gasteiger partial charge in [-0.1, -0.05) is 20.8 Å². The van der Waals surface area contributed by atoms with Crippen LogP contribution in [0.4, 0.5) is 0 Å². The molecule has 0 radical (unpaired) electrons. The van der Waals surface area contributed by atoms with Gasteiger partial charge in [0.1, 0.15) is 0 Å². The zero-order valence-electron chi connectivity index (χ0n) is 11.7. The van der Waals surface area contributed by atoms with Crippen molar-refractivity contribution in [3.63, 3.8) is 0 Å². The van der Waals surface area contributed by atoms with E-state index in [-0.39, 0.29) is 5.91 Å². The fourth-order valence-electron chi connectivity index (χ4n) is 1.96. The largest absolute Gasteiger partial charge is 0.351 e. The monoisotopic (exact) mass is 252 g/mol. The minimum atomic E-state index is -0.424. The molecule has 1 amide bonds. The van der Waals surface area contributed by atoms with E-state index >= 15 is 0 Å². The molecule has 5 heteroatoms. The summed E-state index contributed by atoms with van der Waals surface area (Å²) in [5.41, 5.74) is 7.91. The highest BCUT2D eigenvalue weighted by Gasteiger charge is 2.15. The van der Waals surface area contributed by atoms with E-state index in [1.807, 2.05) is 13.2 Å². The van der Waals surface area contributed by atoms with Crippen molar-refractivity contribution in [2.75, 3.05) is 0 Å². The Morgan fingerprint density at radius 3 is 2.78 bits per heavy atom. The van der Waals surface area contributed by atoms with E-state index in [2.05, 4.69) is 31.2 Å². The van der Waals surface area contributed by atoms with E-state index < -0.39 is 6.04 Å². The summed E-state index contributed by atoms with van der Waals surface area (Å²) in [5.74, 6) is 0.338. The first kappa shape index (κ1) is 14.7. The van der Waals surface area contributed by atoms with Crippen molar-refractivity contribution in [2.24, 2.45) is 18.7 Å². The van der Waals surface area contributed by atoms with Crippen LogP contribution in [0, 0.1) is 5.92 Å². The van der Waals surface area contributed by atoms with Gasteiger partial charge in [0.05, 0.1) is 11.7 Å². The van der Waals surface area contributed by atoms with Crippen molar-refractivity contribution in [2.45, 2.75) is 46.2 Å². The highest BCUT2D eigenvalue weighted by Crippen LogP contribution is 2.07.